The molecule has 0 aliphatic rings. The van der Waals surface area contributed by atoms with Gasteiger partial charge < -0.3 is 0 Å². The van der Waals surface area contributed by atoms with Gasteiger partial charge in [0.25, 0.3) is 0 Å². The fraction of sp³-hybridized carbons (Fsp3) is 0.500. The first kappa shape index (κ1) is 10.5. The molecule has 0 unspecified atom stereocenters. The molecule has 0 aliphatic heterocycles. The number of hydrogen-bond acceptors (Lipinski definition) is 2. The molecule has 0 aliphatic carbocycles. The fourth-order valence-electron chi connectivity index (χ4n) is 1.09. The zero-order valence-corrected chi connectivity index (χ0v) is 8.73. The molecule has 0 radical (unpaired) electrons. The lowest BCUT2D eigenvalue weighted by molar-refractivity contribution is 0.565. The lowest BCUT2D eigenvalue weighted by Crippen LogP contribution is -2.14. The lowest BCUT2D eigenvalue weighted by Gasteiger charge is -2.17. The van der Waals surface area contributed by atoms with Gasteiger partial charge in [-0.15, -0.1) is 0 Å². The summed E-state index contributed by atoms with van der Waals surface area (Å²) in [6.07, 6.45) is 0. The summed E-state index contributed by atoms with van der Waals surface area (Å²) >= 11 is 0. The summed E-state index contributed by atoms with van der Waals surface area (Å²) in [5.74, 6) is 0. The zero-order valence-electron chi connectivity index (χ0n) is 8.73. The summed E-state index contributed by atoms with van der Waals surface area (Å²) in [6, 6.07) is 5.79. The maximum Gasteiger partial charge on any atom is 0.0684 e. The van der Waals surface area contributed by atoms with E-state index in [2.05, 4.69) is 35.8 Å². The minimum absolute atomic E-state index is 0.0341. The molecule has 1 rings (SSSR count). The summed E-state index contributed by atoms with van der Waals surface area (Å²) in [4.78, 5) is 7.12. The predicted molar refractivity (Wildman–Crippen MR) is 55.8 cm³/mol. The standard InChI is InChI=1S/C10H14N4/c1-10(2,3)9-6-4-5-8(13-9)7-12-14-11/h4-6H,7H2,1-3H3. The number of nitrogens with zero attached hydrogens (tertiary/aromatic N) is 4. The van der Waals surface area contributed by atoms with Crippen molar-refractivity contribution in [3.8, 4) is 0 Å². The summed E-state index contributed by atoms with van der Waals surface area (Å²) in [5.41, 5.74) is 10.1. The highest BCUT2D eigenvalue weighted by Gasteiger charge is 2.14. The second-order valence-electron chi connectivity index (χ2n) is 4.15. The van der Waals surface area contributed by atoms with Crippen molar-refractivity contribution < 1.29 is 0 Å². The lowest BCUT2D eigenvalue weighted by atomic mass is 9.91. The van der Waals surface area contributed by atoms with E-state index in [1.54, 1.807) is 0 Å². The Balaban J connectivity index is 2.95. The Labute approximate surface area is 83.6 Å². The van der Waals surface area contributed by atoms with Gasteiger partial charge in [-0.2, -0.15) is 0 Å². The van der Waals surface area contributed by atoms with Crippen molar-refractivity contribution in [2.45, 2.75) is 32.7 Å². The van der Waals surface area contributed by atoms with Gasteiger partial charge in [0, 0.05) is 21.7 Å². The van der Waals surface area contributed by atoms with E-state index >= 15 is 0 Å². The average Bonchev–Trinajstić information content (AvgIpc) is 2.14. The molecule has 0 N–H and O–H groups in total. The topological polar surface area (TPSA) is 61.7 Å². The Hall–Kier alpha value is -1.54. The molecular weight excluding hydrogens is 176 g/mol. The first-order valence-electron chi connectivity index (χ1n) is 4.51. The van der Waals surface area contributed by atoms with Crippen LogP contribution >= 0.6 is 0 Å². The predicted octanol–water partition coefficient (Wildman–Crippen LogP) is 3.19. The van der Waals surface area contributed by atoms with Crippen molar-refractivity contribution in [2.24, 2.45) is 5.11 Å². The van der Waals surface area contributed by atoms with Crippen molar-refractivity contribution in [3.05, 3.63) is 40.0 Å². The van der Waals surface area contributed by atoms with Crippen LogP contribution in [-0.4, -0.2) is 4.98 Å². The third-order valence-corrected chi connectivity index (χ3v) is 1.87. The molecule has 74 valence electrons. The molecule has 0 saturated carbocycles. The number of hydrogen-bond donors (Lipinski definition) is 0. The van der Waals surface area contributed by atoms with Crippen LogP contribution in [0.3, 0.4) is 0 Å². The molecule has 1 heterocycles. The fourth-order valence-corrected chi connectivity index (χ4v) is 1.09. The molecule has 4 nitrogen and oxygen atoms in total. The molecule has 4 heteroatoms. The summed E-state index contributed by atoms with van der Waals surface area (Å²) in [5, 5.41) is 3.48. The number of rotatable bonds is 2. The minimum atomic E-state index is 0.0341. The van der Waals surface area contributed by atoms with Gasteiger partial charge in [-0.1, -0.05) is 32.0 Å². The Morgan fingerprint density at radius 2 is 2.14 bits per heavy atom. The zero-order chi connectivity index (χ0) is 10.6. The Bertz CT molecular complexity index is 359. The smallest absolute Gasteiger partial charge is 0.0684 e. The van der Waals surface area contributed by atoms with Gasteiger partial charge in [0.1, 0.15) is 0 Å². The van der Waals surface area contributed by atoms with Gasteiger partial charge >= 0.3 is 0 Å². The summed E-state index contributed by atoms with van der Waals surface area (Å²) in [7, 11) is 0. The van der Waals surface area contributed by atoms with E-state index in [9.17, 15) is 0 Å². The minimum Gasteiger partial charge on any atom is -0.257 e. The van der Waals surface area contributed by atoms with Crippen molar-refractivity contribution in [2.75, 3.05) is 0 Å². The highest BCUT2D eigenvalue weighted by atomic mass is 15.1. The Kier molecular flexibility index (Phi) is 3.10. The SMILES string of the molecule is CC(C)(C)c1cccc(CN=[N+]=[N-])n1. The van der Waals surface area contributed by atoms with Gasteiger partial charge in [0.2, 0.25) is 0 Å². The molecule has 0 atom stereocenters. The molecule has 0 bridgehead atoms. The van der Waals surface area contributed by atoms with E-state index in [0.29, 0.717) is 6.54 Å². The molecule has 14 heavy (non-hydrogen) atoms. The van der Waals surface area contributed by atoms with Crippen LogP contribution in [0, 0.1) is 0 Å². The van der Waals surface area contributed by atoms with Gasteiger partial charge in [-0.3, -0.25) is 4.98 Å². The van der Waals surface area contributed by atoms with Crippen LogP contribution in [0.5, 0.6) is 0 Å². The number of pyridine rings is 1. The molecule has 0 spiro atoms. The first-order chi connectivity index (χ1) is 6.54. The van der Waals surface area contributed by atoms with Crippen LogP contribution in [0.25, 0.3) is 10.4 Å². The van der Waals surface area contributed by atoms with E-state index in [0.717, 1.165) is 11.4 Å². The van der Waals surface area contributed by atoms with Crippen molar-refractivity contribution >= 4 is 0 Å². The third-order valence-electron chi connectivity index (χ3n) is 1.87. The highest BCUT2D eigenvalue weighted by Crippen LogP contribution is 2.19. The van der Waals surface area contributed by atoms with Crippen molar-refractivity contribution in [3.63, 3.8) is 0 Å². The van der Waals surface area contributed by atoms with Crippen LogP contribution in [0.2, 0.25) is 0 Å². The van der Waals surface area contributed by atoms with E-state index < -0.39 is 0 Å². The quantitative estimate of drug-likeness (QED) is 0.401. The van der Waals surface area contributed by atoms with Crippen LogP contribution in [-0.2, 0) is 12.0 Å². The van der Waals surface area contributed by atoms with Crippen LogP contribution in [0.1, 0.15) is 32.2 Å². The van der Waals surface area contributed by atoms with Crippen LogP contribution in [0.4, 0.5) is 0 Å². The normalized spacial score (nSPS) is 10.8. The number of azide groups is 1. The van der Waals surface area contributed by atoms with E-state index in [-0.39, 0.29) is 5.41 Å². The van der Waals surface area contributed by atoms with E-state index in [1.165, 1.54) is 0 Å². The Morgan fingerprint density at radius 3 is 2.71 bits per heavy atom. The van der Waals surface area contributed by atoms with Gasteiger partial charge in [0.05, 0.1) is 6.54 Å². The van der Waals surface area contributed by atoms with Crippen LogP contribution < -0.4 is 0 Å². The molecule has 0 saturated heterocycles. The highest BCUT2D eigenvalue weighted by molar-refractivity contribution is 5.17. The van der Waals surface area contributed by atoms with E-state index in [4.69, 9.17) is 5.53 Å². The Morgan fingerprint density at radius 1 is 1.43 bits per heavy atom. The first-order valence-corrected chi connectivity index (χ1v) is 4.51. The van der Waals surface area contributed by atoms with Gasteiger partial charge in [-0.05, 0) is 17.7 Å². The van der Waals surface area contributed by atoms with E-state index in [1.807, 2.05) is 18.2 Å². The van der Waals surface area contributed by atoms with Gasteiger partial charge in [0.15, 0.2) is 0 Å². The molecule has 0 fully saturated rings. The average molecular weight is 190 g/mol. The second kappa shape index (κ2) is 4.11. The molecular formula is C10H14N4. The molecule has 0 aromatic carbocycles. The van der Waals surface area contributed by atoms with Crippen molar-refractivity contribution in [1.82, 2.24) is 4.98 Å². The summed E-state index contributed by atoms with van der Waals surface area (Å²) in [6.45, 7) is 6.63. The largest absolute Gasteiger partial charge is 0.257 e. The molecule has 1 aromatic rings. The second-order valence-corrected chi connectivity index (χ2v) is 4.15. The van der Waals surface area contributed by atoms with Gasteiger partial charge in [-0.25, -0.2) is 0 Å². The van der Waals surface area contributed by atoms with Crippen molar-refractivity contribution in [1.29, 1.82) is 0 Å². The monoisotopic (exact) mass is 190 g/mol. The third kappa shape index (κ3) is 2.75. The number of aromatic nitrogens is 1. The molecule has 1 aromatic heterocycles. The summed E-state index contributed by atoms with van der Waals surface area (Å²) < 4.78 is 0. The van der Waals surface area contributed by atoms with Crippen LogP contribution in [0.15, 0.2) is 23.3 Å². The maximum atomic E-state index is 8.19. The molecule has 0 amide bonds. The maximum absolute atomic E-state index is 8.19.